The maximum Gasteiger partial charge on any atom is 0.254 e. The average molecular weight is 226 g/mol. The number of hydrogen-bond acceptors (Lipinski definition) is 2. The fourth-order valence-electron chi connectivity index (χ4n) is 1.76. The molecule has 1 aliphatic carbocycles. The summed E-state index contributed by atoms with van der Waals surface area (Å²) >= 11 is 5.28. The van der Waals surface area contributed by atoms with Gasteiger partial charge in [0, 0.05) is 17.3 Å². The number of aromatic nitrogens is 1. The van der Waals surface area contributed by atoms with Gasteiger partial charge in [0.2, 0.25) is 5.24 Å². The van der Waals surface area contributed by atoms with Crippen molar-refractivity contribution in [2.45, 2.75) is 32.2 Å². The summed E-state index contributed by atoms with van der Waals surface area (Å²) < 4.78 is 1.77. The van der Waals surface area contributed by atoms with Gasteiger partial charge < -0.3 is 4.57 Å². The molecule has 2 rings (SSSR count). The predicted molar refractivity (Wildman–Crippen MR) is 58.3 cm³/mol. The van der Waals surface area contributed by atoms with E-state index in [1.54, 1.807) is 10.6 Å². The monoisotopic (exact) mass is 225 g/mol. The van der Waals surface area contributed by atoms with Crippen molar-refractivity contribution in [3.63, 3.8) is 0 Å². The second kappa shape index (κ2) is 3.81. The number of carbonyl (C=O) groups excluding carboxylic acids is 1. The van der Waals surface area contributed by atoms with E-state index in [0.29, 0.717) is 11.6 Å². The third kappa shape index (κ3) is 2.12. The molecular formula is C11H12ClNO2. The first kappa shape index (κ1) is 10.4. The van der Waals surface area contributed by atoms with Gasteiger partial charge in [-0.3, -0.25) is 9.59 Å². The Morgan fingerprint density at radius 2 is 2.20 bits per heavy atom. The van der Waals surface area contributed by atoms with Crippen LogP contribution < -0.4 is 5.56 Å². The molecule has 80 valence electrons. The van der Waals surface area contributed by atoms with Crippen LogP contribution in [0.4, 0.5) is 0 Å². The van der Waals surface area contributed by atoms with Gasteiger partial charge in [-0.1, -0.05) is 6.07 Å². The molecule has 0 amide bonds. The van der Waals surface area contributed by atoms with E-state index in [4.69, 9.17) is 11.6 Å². The van der Waals surface area contributed by atoms with Crippen LogP contribution in [0.1, 0.15) is 30.1 Å². The Morgan fingerprint density at radius 3 is 2.73 bits per heavy atom. The summed E-state index contributed by atoms with van der Waals surface area (Å²) in [6, 6.07) is 3.90. The first-order valence-electron chi connectivity index (χ1n) is 4.99. The van der Waals surface area contributed by atoms with E-state index in [0.717, 1.165) is 18.5 Å². The summed E-state index contributed by atoms with van der Waals surface area (Å²) in [5, 5.41) is -0.488. The van der Waals surface area contributed by atoms with Gasteiger partial charge in [0.1, 0.15) is 0 Å². The molecule has 15 heavy (non-hydrogen) atoms. The lowest BCUT2D eigenvalue weighted by Gasteiger charge is -2.09. The zero-order valence-electron chi connectivity index (χ0n) is 8.50. The predicted octanol–water partition coefficient (Wildman–Crippen LogP) is 1.80. The maximum absolute atomic E-state index is 12.0. The standard InChI is InChI=1S/C11H12ClNO2/c1-7-2-3-8(6-10(12)14)11(15)13(7)9-4-5-9/h2-3,9H,4-6H2,1H3. The number of hydrogen-bond donors (Lipinski definition) is 0. The van der Waals surface area contributed by atoms with E-state index in [2.05, 4.69) is 0 Å². The van der Waals surface area contributed by atoms with Crippen molar-refractivity contribution in [3.05, 3.63) is 33.7 Å². The Labute approximate surface area is 92.7 Å². The quantitative estimate of drug-likeness (QED) is 0.736. The van der Waals surface area contributed by atoms with Crippen LogP contribution >= 0.6 is 11.6 Å². The van der Waals surface area contributed by atoms with Crippen LogP contribution in [0, 0.1) is 6.92 Å². The minimum atomic E-state index is -0.488. The number of pyridine rings is 1. The number of rotatable bonds is 3. The molecule has 1 aliphatic rings. The second-order valence-corrected chi connectivity index (χ2v) is 4.36. The van der Waals surface area contributed by atoms with Gasteiger partial charge in [0.05, 0.1) is 6.42 Å². The third-order valence-electron chi connectivity index (χ3n) is 2.64. The van der Waals surface area contributed by atoms with Gasteiger partial charge in [-0.25, -0.2) is 0 Å². The van der Waals surface area contributed by atoms with E-state index >= 15 is 0 Å². The van der Waals surface area contributed by atoms with Gasteiger partial charge >= 0.3 is 0 Å². The molecule has 4 heteroatoms. The van der Waals surface area contributed by atoms with E-state index < -0.39 is 5.24 Å². The zero-order chi connectivity index (χ0) is 11.0. The minimum absolute atomic E-state index is 0.0212. The minimum Gasteiger partial charge on any atom is -0.310 e. The van der Waals surface area contributed by atoms with Crippen LogP contribution in [0.15, 0.2) is 16.9 Å². The van der Waals surface area contributed by atoms with Crippen molar-refractivity contribution in [1.82, 2.24) is 4.57 Å². The van der Waals surface area contributed by atoms with Crippen LogP contribution in [0.3, 0.4) is 0 Å². The van der Waals surface area contributed by atoms with Crippen molar-refractivity contribution in [3.8, 4) is 0 Å². The highest BCUT2D eigenvalue weighted by Crippen LogP contribution is 2.34. The maximum atomic E-state index is 12.0. The van der Waals surface area contributed by atoms with Crippen LogP contribution in [0.5, 0.6) is 0 Å². The molecule has 0 saturated heterocycles. The van der Waals surface area contributed by atoms with Crippen LogP contribution in [0.25, 0.3) is 0 Å². The first-order valence-corrected chi connectivity index (χ1v) is 5.36. The van der Waals surface area contributed by atoms with E-state index in [1.165, 1.54) is 0 Å². The second-order valence-electron chi connectivity index (χ2n) is 3.94. The van der Waals surface area contributed by atoms with Crippen LogP contribution in [-0.4, -0.2) is 9.81 Å². The first-order chi connectivity index (χ1) is 7.09. The van der Waals surface area contributed by atoms with Gasteiger partial charge in [-0.15, -0.1) is 0 Å². The Morgan fingerprint density at radius 1 is 1.53 bits per heavy atom. The van der Waals surface area contributed by atoms with E-state index in [9.17, 15) is 9.59 Å². The Hall–Kier alpha value is -1.09. The molecule has 0 radical (unpaired) electrons. The number of halogens is 1. The third-order valence-corrected chi connectivity index (χ3v) is 2.77. The van der Waals surface area contributed by atoms with Crippen molar-refractivity contribution in [2.24, 2.45) is 0 Å². The SMILES string of the molecule is Cc1ccc(CC(=O)Cl)c(=O)n1C1CC1. The molecule has 1 aromatic heterocycles. The topological polar surface area (TPSA) is 39.1 Å². The van der Waals surface area contributed by atoms with Crippen molar-refractivity contribution in [1.29, 1.82) is 0 Å². The summed E-state index contributed by atoms with van der Waals surface area (Å²) in [4.78, 5) is 22.7. The lowest BCUT2D eigenvalue weighted by molar-refractivity contribution is -0.111. The fraction of sp³-hybridized carbons (Fsp3) is 0.455. The molecule has 1 fully saturated rings. The molecule has 0 unspecified atom stereocenters. The average Bonchev–Trinajstić information content (AvgIpc) is 2.94. The Balaban J connectivity index is 2.45. The summed E-state index contributed by atoms with van der Waals surface area (Å²) in [7, 11) is 0. The van der Waals surface area contributed by atoms with Gasteiger partial charge in [0.15, 0.2) is 0 Å². The number of nitrogens with zero attached hydrogens (tertiary/aromatic N) is 1. The molecule has 0 atom stereocenters. The molecule has 0 aliphatic heterocycles. The highest BCUT2D eigenvalue weighted by Gasteiger charge is 2.26. The largest absolute Gasteiger partial charge is 0.310 e. The van der Waals surface area contributed by atoms with Gasteiger partial charge in [0.25, 0.3) is 5.56 Å². The summed E-state index contributed by atoms with van der Waals surface area (Å²) in [6.45, 7) is 1.91. The molecule has 1 saturated carbocycles. The number of carbonyl (C=O) groups is 1. The lowest BCUT2D eigenvalue weighted by Crippen LogP contribution is -2.25. The van der Waals surface area contributed by atoms with E-state index in [1.807, 2.05) is 13.0 Å². The molecule has 0 bridgehead atoms. The van der Waals surface area contributed by atoms with Gasteiger partial charge in [-0.2, -0.15) is 0 Å². The normalized spacial score (nSPS) is 15.3. The molecule has 1 aromatic rings. The highest BCUT2D eigenvalue weighted by molar-refractivity contribution is 6.63. The van der Waals surface area contributed by atoms with Crippen molar-refractivity contribution < 1.29 is 4.79 Å². The summed E-state index contributed by atoms with van der Waals surface area (Å²) in [5.41, 5.74) is 1.38. The van der Waals surface area contributed by atoms with Crippen molar-refractivity contribution >= 4 is 16.8 Å². The number of aryl methyl sites for hydroxylation is 1. The van der Waals surface area contributed by atoms with Crippen LogP contribution in [-0.2, 0) is 11.2 Å². The van der Waals surface area contributed by atoms with Gasteiger partial charge in [-0.05, 0) is 37.4 Å². The Bertz CT molecular complexity index is 460. The highest BCUT2D eigenvalue weighted by atomic mass is 35.5. The summed E-state index contributed by atoms with van der Waals surface area (Å²) in [6.07, 6.45) is 2.13. The summed E-state index contributed by atoms with van der Waals surface area (Å²) in [5.74, 6) is 0. The molecule has 0 N–H and O–H groups in total. The molecule has 0 aromatic carbocycles. The van der Waals surface area contributed by atoms with Crippen LogP contribution in [0.2, 0.25) is 0 Å². The van der Waals surface area contributed by atoms with E-state index in [-0.39, 0.29) is 12.0 Å². The Kier molecular flexibility index (Phi) is 2.65. The molecule has 0 spiro atoms. The smallest absolute Gasteiger partial charge is 0.254 e. The molecule has 1 heterocycles. The van der Waals surface area contributed by atoms with Crippen molar-refractivity contribution in [2.75, 3.05) is 0 Å². The molecule has 3 nitrogen and oxygen atoms in total. The molecular weight excluding hydrogens is 214 g/mol. The fourth-order valence-corrected chi connectivity index (χ4v) is 1.90. The lowest BCUT2D eigenvalue weighted by atomic mass is 10.2. The zero-order valence-corrected chi connectivity index (χ0v) is 9.25.